The van der Waals surface area contributed by atoms with Crippen molar-refractivity contribution in [3.8, 4) is 11.1 Å². The summed E-state index contributed by atoms with van der Waals surface area (Å²) in [7, 11) is 1.49. The Kier molecular flexibility index (Phi) is 7.16. The van der Waals surface area contributed by atoms with Gasteiger partial charge in [0.25, 0.3) is 0 Å². The van der Waals surface area contributed by atoms with Crippen molar-refractivity contribution in [1.82, 2.24) is 9.69 Å². The van der Waals surface area contributed by atoms with Gasteiger partial charge in [0.2, 0.25) is 5.91 Å². The van der Waals surface area contributed by atoms with Crippen LogP contribution in [0.5, 0.6) is 0 Å². The van der Waals surface area contributed by atoms with Crippen molar-refractivity contribution in [1.29, 1.82) is 0 Å². The van der Waals surface area contributed by atoms with Gasteiger partial charge in [-0.15, -0.1) is 0 Å². The largest absolute Gasteiger partial charge is 0.478 e. The predicted molar refractivity (Wildman–Crippen MR) is 134 cm³/mol. The molecule has 0 bridgehead atoms. The molecule has 1 heterocycles. The van der Waals surface area contributed by atoms with Gasteiger partial charge >= 0.3 is 12.1 Å². The lowest BCUT2D eigenvalue weighted by molar-refractivity contribution is -0.120. The van der Waals surface area contributed by atoms with Gasteiger partial charge in [0.15, 0.2) is 0 Å². The molecule has 0 saturated carbocycles. The standard InChI is InChI=1S/C26H27N3O5S/c1-4-9-21(23(30)29(3)24-22(25(31)32)15(2)28-35-24)27-26(33)34-14-20-18-12-7-5-10-16(18)17-11-6-8-13-19(17)20/h5-8,10-13,20-21H,4,9,14H2,1-3H3,(H,27,33)(H,31,32)/t21-/m0/s1. The lowest BCUT2D eigenvalue weighted by atomic mass is 9.98. The van der Waals surface area contributed by atoms with E-state index in [1.807, 2.05) is 43.3 Å². The predicted octanol–water partition coefficient (Wildman–Crippen LogP) is 4.82. The number of aryl methyl sites for hydroxylation is 1. The van der Waals surface area contributed by atoms with Crippen molar-refractivity contribution in [2.45, 2.75) is 38.6 Å². The first-order valence-electron chi connectivity index (χ1n) is 11.4. The number of fused-ring (bicyclic) bond motifs is 3. The van der Waals surface area contributed by atoms with Crippen LogP contribution in [0.2, 0.25) is 0 Å². The van der Waals surface area contributed by atoms with E-state index in [0.717, 1.165) is 33.8 Å². The number of ether oxygens (including phenoxy) is 1. The Hall–Kier alpha value is -3.72. The number of nitrogens with one attached hydrogen (secondary N) is 1. The maximum atomic E-state index is 13.2. The lowest BCUT2D eigenvalue weighted by Gasteiger charge is -2.24. The molecule has 8 nitrogen and oxygen atoms in total. The van der Waals surface area contributed by atoms with E-state index in [2.05, 4.69) is 21.8 Å². The van der Waals surface area contributed by atoms with Gasteiger partial charge in [-0.1, -0.05) is 61.9 Å². The van der Waals surface area contributed by atoms with Crippen LogP contribution in [0.4, 0.5) is 9.80 Å². The molecule has 0 spiro atoms. The van der Waals surface area contributed by atoms with Crippen molar-refractivity contribution >= 4 is 34.5 Å². The highest BCUT2D eigenvalue weighted by Gasteiger charge is 2.31. The molecule has 0 unspecified atom stereocenters. The Bertz CT molecular complexity index is 1230. The number of carboxylic acid groups (broad SMARTS) is 1. The normalized spacial score (nSPS) is 13.0. The molecule has 0 saturated heterocycles. The van der Waals surface area contributed by atoms with E-state index in [4.69, 9.17) is 4.74 Å². The van der Waals surface area contributed by atoms with Crippen molar-refractivity contribution in [3.63, 3.8) is 0 Å². The van der Waals surface area contributed by atoms with E-state index in [1.54, 1.807) is 6.92 Å². The number of hydrogen-bond donors (Lipinski definition) is 2. The molecule has 1 aliphatic rings. The average molecular weight is 494 g/mol. The Morgan fingerprint density at radius 1 is 1.11 bits per heavy atom. The van der Waals surface area contributed by atoms with Crippen LogP contribution in [0, 0.1) is 6.92 Å². The first-order valence-corrected chi connectivity index (χ1v) is 12.2. The number of hydrogen-bond acceptors (Lipinski definition) is 6. The molecular weight excluding hydrogens is 466 g/mol. The van der Waals surface area contributed by atoms with Gasteiger partial charge in [0.05, 0.1) is 5.69 Å². The highest BCUT2D eigenvalue weighted by molar-refractivity contribution is 7.11. The van der Waals surface area contributed by atoms with Crippen molar-refractivity contribution < 1.29 is 24.2 Å². The summed E-state index contributed by atoms with van der Waals surface area (Å²) in [6, 6.07) is 15.3. The number of carbonyl (C=O) groups excluding carboxylic acids is 2. The van der Waals surface area contributed by atoms with Gasteiger partial charge in [-0.3, -0.25) is 4.79 Å². The lowest BCUT2D eigenvalue weighted by Crippen LogP contribution is -2.47. The molecule has 1 atom stereocenters. The summed E-state index contributed by atoms with van der Waals surface area (Å²) in [5.41, 5.74) is 4.79. The molecule has 0 fully saturated rings. The van der Waals surface area contributed by atoms with Crippen molar-refractivity contribution in [2.75, 3.05) is 18.6 Å². The quantitative estimate of drug-likeness (QED) is 0.466. The third-order valence-electron chi connectivity index (χ3n) is 6.20. The molecule has 3 aromatic rings. The number of carbonyl (C=O) groups is 3. The number of carboxylic acids is 1. The number of alkyl carbamates (subject to hydrolysis) is 1. The molecule has 9 heteroatoms. The summed E-state index contributed by atoms with van der Waals surface area (Å²) >= 11 is 0.940. The monoisotopic (exact) mass is 493 g/mol. The molecule has 35 heavy (non-hydrogen) atoms. The topological polar surface area (TPSA) is 109 Å². The van der Waals surface area contributed by atoms with Crippen LogP contribution in [-0.4, -0.2) is 47.1 Å². The highest BCUT2D eigenvalue weighted by Crippen LogP contribution is 2.44. The van der Waals surface area contributed by atoms with Crippen LogP contribution >= 0.6 is 11.5 Å². The Morgan fingerprint density at radius 2 is 1.71 bits per heavy atom. The van der Waals surface area contributed by atoms with E-state index in [0.29, 0.717) is 18.5 Å². The van der Waals surface area contributed by atoms with Gasteiger partial charge in [-0.2, -0.15) is 4.37 Å². The zero-order valence-corrected chi connectivity index (χ0v) is 20.6. The maximum absolute atomic E-state index is 13.2. The second kappa shape index (κ2) is 10.3. The summed E-state index contributed by atoms with van der Waals surface area (Å²) < 4.78 is 9.67. The molecule has 1 aromatic heterocycles. The zero-order chi connectivity index (χ0) is 25.1. The number of rotatable bonds is 8. The van der Waals surface area contributed by atoms with Gasteiger partial charge in [0, 0.05) is 13.0 Å². The molecule has 2 N–H and O–H groups in total. The Morgan fingerprint density at radius 3 is 2.29 bits per heavy atom. The number of nitrogens with zero attached hydrogens (tertiary/aromatic N) is 2. The SMILES string of the molecule is CCC[C@H](NC(=O)OCC1c2ccccc2-c2ccccc21)C(=O)N(C)c1snc(C)c1C(=O)O. The number of amides is 2. The van der Waals surface area contributed by atoms with E-state index >= 15 is 0 Å². The number of aromatic carboxylic acids is 1. The third kappa shape index (κ3) is 4.77. The van der Waals surface area contributed by atoms with Crippen molar-refractivity contribution in [2.24, 2.45) is 0 Å². The van der Waals surface area contributed by atoms with Crippen LogP contribution in [0.3, 0.4) is 0 Å². The van der Waals surface area contributed by atoms with Gasteiger partial charge in [0.1, 0.15) is 23.2 Å². The number of aromatic nitrogens is 1. The summed E-state index contributed by atoms with van der Waals surface area (Å²) in [6.07, 6.45) is 0.334. The average Bonchev–Trinajstić information content (AvgIpc) is 3.39. The molecule has 0 radical (unpaired) electrons. The van der Waals surface area contributed by atoms with E-state index in [9.17, 15) is 19.5 Å². The van der Waals surface area contributed by atoms with Gasteiger partial charge in [-0.05, 0) is 47.1 Å². The first kappa shape index (κ1) is 24.4. The maximum Gasteiger partial charge on any atom is 0.407 e. The van der Waals surface area contributed by atoms with Crippen LogP contribution in [0.15, 0.2) is 48.5 Å². The number of likely N-dealkylation sites (N-methyl/N-ethyl adjacent to an activating group) is 1. The molecular formula is C26H27N3O5S. The van der Waals surface area contributed by atoms with Crippen LogP contribution < -0.4 is 10.2 Å². The van der Waals surface area contributed by atoms with Crippen LogP contribution in [-0.2, 0) is 9.53 Å². The summed E-state index contributed by atoms with van der Waals surface area (Å²) in [4.78, 5) is 38.8. The highest BCUT2D eigenvalue weighted by atomic mass is 32.1. The smallest absolute Gasteiger partial charge is 0.407 e. The summed E-state index contributed by atoms with van der Waals surface area (Å²) in [5, 5.41) is 12.4. The zero-order valence-electron chi connectivity index (χ0n) is 19.8. The molecule has 182 valence electrons. The van der Waals surface area contributed by atoms with Crippen LogP contribution in [0.1, 0.15) is 52.9 Å². The second-order valence-corrected chi connectivity index (χ2v) is 9.21. The van der Waals surface area contributed by atoms with Gasteiger partial charge < -0.3 is 20.1 Å². The molecule has 0 aliphatic heterocycles. The molecule has 1 aliphatic carbocycles. The summed E-state index contributed by atoms with van der Waals surface area (Å²) in [6.45, 7) is 3.62. The van der Waals surface area contributed by atoms with E-state index < -0.39 is 24.0 Å². The fourth-order valence-corrected chi connectivity index (χ4v) is 5.35. The van der Waals surface area contributed by atoms with E-state index in [1.165, 1.54) is 11.9 Å². The number of benzene rings is 2. The minimum Gasteiger partial charge on any atom is -0.478 e. The molecule has 2 aromatic carbocycles. The summed E-state index contributed by atoms with van der Waals surface area (Å²) in [5.74, 6) is -1.66. The Balaban J connectivity index is 1.45. The third-order valence-corrected chi connectivity index (χ3v) is 7.22. The number of anilines is 1. The van der Waals surface area contributed by atoms with Crippen molar-refractivity contribution in [3.05, 3.63) is 70.9 Å². The van der Waals surface area contributed by atoms with Crippen LogP contribution in [0.25, 0.3) is 11.1 Å². The molecule has 2 amide bonds. The first-order chi connectivity index (χ1) is 16.8. The van der Waals surface area contributed by atoms with Gasteiger partial charge in [-0.25, -0.2) is 9.59 Å². The fraction of sp³-hybridized carbons (Fsp3) is 0.308. The fourth-order valence-electron chi connectivity index (χ4n) is 4.50. The molecule has 4 rings (SSSR count). The minimum absolute atomic E-state index is 0.0118. The minimum atomic E-state index is -1.15. The Labute approximate surface area is 207 Å². The second-order valence-electron chi connectivity index (χ2n) is 8.46. The van der Waals surface area contributed by atoms with E-state index in [-0.39, 0.29) is 23.1 Å².